The minimum absolute atomic E-state index is 0.318. The maximum Gasteiger partial charge on any atom is 0.338 e. The van der Waals surface area contributed by atoms with Crippen molar-refractivity contribution in [2.45, 2.75) is 36.9 Å². The summed E-state index contributed by atoms with van der Waals surface area (Å²) >= 11 is 0. The standard InChI is InChI=1S/C15H19NO5/c17-10-6-7-16-8-11(13(18)14(19)12(10)16)21-15(20)9-4-2-1-3-5-9/h1-5,10-14,17-19H,6-8H2/t10-,11?,12?,13?,14?/m0/s1. The van der Waals surface area contributed by atoms with E-state index in [-0.39, 0.29) is 0 Å². The zero-order chi connectivity index (χ0) is 15.0. The summed E-state index contributed by atoms with van der Waals surface area (Å²) in [7, 11) is 0. The van der Waals surface area contributed by atoms with Gasteiger partial charge in [0.05, 0.1) is 17.7 Å². The smallest absolute Gasteiger partial charge is 0.338 e. The van der Waals surface area contributed by atoms with Gasteiger partial charge >= 0.3 is 5.97 Å². The number of carbonyl (C=O) groups excluding carboxylic acids is 1. The van der Waals surface area contributed by atoms with Gasteiger partial charge in [-0.05, 0) is 18.6 Å². The second-order valence-corrected chi connectivity index (χ2v) is 5.63. The Labute approximate surface area is 122 Å². The van der Waals surface area contributed by atoms with Gasteiger partial charge < -0.3 is 20.1 Å². The Morgan fingerprint density at radius 2 is 1.86 bits per heavy atom. The van der Waals surface area contributed by atoms with Crippen molar-refractivity contribution < 1.29 is 24.9 Å². The Kier molecular flexibility index (Phi) is 3.95. The molecule has 0 aliphatic carbocycles. The molecule has 114 valence electrons. The Morgan fingerprint density at radius 1 is 1.14 bits per heavy atom. The molecule has 0 bridgehead atoms. The van der Waals surface area contributed by atoms with Crippen LogP contribution in [0.4, 0.5) is 0 Å². The molecule has 0 amide bonds. The van der Waals surface area contributed by atoms with Crippen molar-refractivity contribution in [2.24, 2.45) is 0 Å². The molecule has 1 aromatic rings. The van der Waals surface area contributed by atoms with Gasteiger partial charge in [0.1, 0.15) is 18.3 Å². The van der Waals surface area contributed by atoms with Gasteiger partial charge in [0.25, 0.3) is 0 Å². The first kappa shape index (κ1) is 14.5. The van der Waals surface area contributed by atoms with Crippen molar-refractivity contribution in [2.75, 3.05) is 13.1 Å². The van der Waals surface area contributed by atoms with Crippen LogP contribution >= 0.6 is 0 Å². The molecule has 0 radical (unpaired) electrons. The van der Waals surface area contributed by atoms with Gasteiger partial charge in [0.15, 0.2) is 0 Å². The van der Waals surface area contributed by atoms with Crippen molar-refractivity contribution in [3.63, 3.8) is 0 Å². The molecule has 3 N–H and O–H groups in total. The number of benzene rings is 1. The number of aliphatic hydroxyl groups is 3. The fourth-order valence-corrected chi connectivity index (χ4v) is 3.17. The predicted octanol–water partition coefficient (Wildman–Crippen LogP) is -0.617. The maximum atomic E-state index is 12.0. The lowest BCUT2D eigenvalue weighted by atomic mass is 9.93. The summed E-state index contributed by atoms with van der Waals surface area (Å²) in [6.45, 7) is 0.938. The molecular weight excluding hydrogens is 274 g/mol. The van der Waals surface area contributed by atoms with E-state index in [1.54, 1.807) is 30.3 Å². The summed E-state index contributed by atoms with van der Waals surface area (Å²) < 4.78 is 5.33. The molecule has 0 aromatic heterocycles. The Hall–Kier alpha value is -1.47. The van der Waals surface area contributed by atoms with Crippen LogP contribution in [0.1, 0.15) is 16.8 Å². The van der Waals surface area contributed by atoms with Crippen LogP contribution in [0.25, 0.3) is 0 Å². The molecule has 6 nitrogen and oxygen atoms in total. The molecule has 5 atom stereocenters. The molecular formula is C15H19NO5. The quantitative estimate of drug-likeness (QED) is 0.630. The number of rotatable bonds is 2. The number of aliphatic hydroxyl groups excluding tert-OH is 3. The van der Waals surface area contributed by atoms with Crippen molar-refractivity contribution in [3.05, 3.63) is 35.9 Å². The third kappa shape index (κ3) is 2.67. The summed E-state index contributed by atoms with van der Waals surface area (Å²) in [5.41, 5.74) is 0.405. The lowest BCUT2D eigenvalue weighted by Gasteiger charge is -2.42. The highest BCUT2D eigenvalue weighted by Gasteiger charge is 2.49. The van der Waals surface area contributed by atoms with E-state index in [1.165, 1.54) is 0 Å². The van der Waals surface area contributed by atoms with Crippen LogP contribution in [-0.4, -0.2) is 69.7 Å². The lowest BCUT2D eigenvalue weighted by Crippen LogP contribution is -2.62. The minimum atomic E-state index is -1.19. The Balaban J connectivity index is 1.70. The highest BCUT2D eigenvalue weighted by atomic mass is 16.6. The van der Waals surface area contributed by atoms with Crippen molar-refractivity contribution >= 4 is 5.97 Å². The number of piperidine rings is 1. The highest BCUT2D eigenvalue weighted by molar-refractivity contribution is 5.89. The van der Waals surface area contributed by atoms with Crippen LogP contribution in [0.3, 0.4) is 0 Å². The van der Waals surface area contributed by atoms with E-state index in [1.807, 2.05) is 4.90 Å². The van der Waals surface area contributed by atoms with Crippen LogP contribution in [0.5, 0.6) is 0 Å². The lowest BCUT2D eigenvalue weighted by molar-refractivity contribution is -0.143. The topological polar surface area (TPSA) is 90.2 Å². The maximum absolute atomic E-state index is 12.0. The molecule has 2 fully saturated rings. The van der Waals surface area contributed by atoms with Crippen LogP contribution in [-0.2, 0) is 4.74 Å². The molecule has 2 aliphatic heterocycles. The van der Waals surface area contributed by atoms with Crippen molar-refractivity contribution in [3.8, 4) is 0 Å². The van der Waals surface area contributed by atoms with Gasteiger partial charge in [-0.25, -0.2) is 4.79 Å². The molecule has 1 aromatic carbocycles. The first-order valence-corrected chi connectivity index (χ1v) is 7.12. The number of esters is 1. The van der Waals surface area contributed by atoms with Crippen LogP contribution in [0.2, 0.25) is 0 Å². The molecule has 6 heteroatoms. The number of hydrogen-bond acceptors (Lipinski definition) is 6. The van der Waals surface area contributed by atoms with E-state index in [2.05, 4.69) is 0 Å². The molecule has 2 saturated heterocycles. The summed E-state index contributed by atoms with van der Waals surface area (Å²) in [4.78, 5) is 13.9. The molecule has 0 spiro atoms. The Bertz CT molecular complexity index is 508. The van der Waals surface area contributed by atoms with Crippen molar-refractivity contribution in [1.82, 2.24) is 4.90 Å². The van der Waals surface area contributed by atoms with Gasteiger partial charge in [-0.15, -0.1) is 0 Å². The van der Waals surface area contributed by atoms with Crippen LogP contribution in [0.15, 0.2) is 30.3 Å². The third-order valence-corrected chi connectivity index (χ3v) is 4.29. The van der Waals surface area contributed by atoms with Gasteiger partial charge in [-0.1, -0.05) is 18.2 Å². The predicted molar refractivity (Wildman–Crippen MR) is 73.6 cm³/mol. The Morgan fingerprint density at radius 3 is 2.57 bits per heavy atom. The number of fused-ring (bicyclic) bond motifs is 1. The fourth-order valence-electron chi connectivity index (χ4n) is 3.17. The second-order valence-electron chi connectivity index (χ2n) is 5.63. The molecule has 4 unspecified atom stereocenters. The average Bonchev–Trinajstić information content (AvgIpc) is 2.86. The van der Waals surface area contributed by atoms with Crippen LogP contribution < -0.4 is 0 Å². The number of nitrogens with zero attached hydrogens (tertiary/aromatic N) is 1. The van der Waals surface area contributed by atoms with E-state index in [0.29, 0.717) is 25.1 Å². The second kappa shape index (κ2) is 5.73. The van der Waals surface area contributed by atoms with E-state index in [4.69, 9.17) is 4.74 Å². The zero-order valence-electron chi connectivity index (χ0n) is 11.5. The van der Waals surface area contributed by atoms with Gasteiger partial charge in [-0.3, -0.25) is 4.90 Å². The summed E-state index contributed by atoms with van der Waals surface area (Å²) in [6, 6.07) is 8.05. The van der Waals surface area contributed by atoms with Gasteiger partial charge in [0, 0.05) is 13.1 Å². The molecule has 21 heavy (non-hydrogen) atoms. The van der Waals surface area contributed by atoms with Crippen LogP contribution in [0, 0.1) is 0 Å². The van der Waals surface area contributed by atoms with E-state index >= 15 is 0 Å². The summed E-state index contributed by atoms with van der Waals surface area (Å²) in [5.74, 6) is -0.523. The van der Waals surface area contributed by atoms with Gasteiger partial charge in [0.2, 0.25) is 0 Å². The minimum Gasteiger partial charge on any atom is -0.455 e. The van der Waals surface area contributed by atoms with Gasteiger partial charge in [-0.2, -0.15) is 0 Å². The number of carbonyl (C=O) groups is 1. The summed E-state index contributed by atoms with van der Waals surface area (Å²) in [6.07, 6.45) is -3.21. The fraction of sp³-hybridized carbons (Fsp3) is 0.533. The largest absolute Gasteiger partial charge is 0.455 e. The van der Waals surface area contributed by atoms with Crippen molar-refractivity contribution in [1.29, 1.82) is 0 Å². The number of ether oxygens (including phenoxy) is 1. The monoisotopic (exact) mass is 293 g/mol. The molecule has 0 saturated carbocycles. The van der Waals surface area contributed by atoms with E-state index in [0.717, 1.165) is 0 Å². The SMILES string of the molecule is O=C(OC1CN2CC[C@H](O)C2C(O)C1O)c1ccccc1. The zero-order valence-corrected chi connectivity index (χ0v) is 11.5. The first-order chi connectivity index (χ1) is 10.1. The summed E-state index contributed by atoms with van der Waals surface area (Å²) in [5, 5.41) is 30.1. The first-order valence-electron chi connectivity index (χ1n) is 7.12. The normalized spacial score (nSPS) is 36.2. The molecule has 2 heterocycles. The molecule has 2 aliphatic rings. The molecule has 3 rings (SSSR count). The number of hydrogen-bond donors (Lipinski definition) is 3. The highest BCUT2D eigenvalue weighted by Crippen LogP contribution is 2.29. The van der Waals surface area contributed by atoms with E-state index in [9.17, 15) is 20.1 Å². The average molecular weight is 293 g/mol. The van der Waals surface area contributed by atoms with E-state index < -0.39 is 36.4 Å². The third-order valence-electron chi connectivity index (χ3n) is 4.29.